The summed E-state index contributed by atoms with van der Waals surface area (Å²) in [7, 11) is 0. The fourth-order valence-electron chi connectivity index (χ4n) is 2.06. The summed E-state index contributed by atoms with van der Waals surface area (Å²) >= 11 is 0. The van der Waals surface area contributed by atoms with Crippen LogP contribution in [0.2, 0.25) is 0 Å². The fourth-order valence-corrected chi connectivity index (χ4v) is 2.06. The lowest BCUT2D eigenvalue weighted by Gasteiger charge is -2.12. The maximum atomic E-state index is 5.45. The van der Waals surface area contributed by atoms with E-state index in [1.54, 1.807) is 12.4 Å². The molecule has 0 aliphatic rings. The van der Waals surface area contributed by atoms with Gasteiger partial charge < -0.3 is 19.9 Å². The summed E-state index contributed by atoms with van der Waals surface area (Å²) < 4.78 is 7.41. The van der Waals surface area contributed by atoms with Crippen LogP contribution in [0.5, 0.6) is 5.75 Å². The predicted molar refractivity (Wildman–Crippen MR) is 112 cm³/mol. The van der Waals surface area contributed by atoms with Gasteiger partial charge in [0, 0.05) is 18.8 Å². The largest absolute Gasteiger partial charge is 0.494 e. The van der Waals surface area contributed by atoms with E-state index in [0.29, 0.717) is 25.7 Å². The number of hydrogen-bond acceptors (Lipinski definition) is 4. The molecule has 0 atom stereocenters. The Bertz CT molecular complexity index is 668. The number of guanidine groups is 1. The van der Waals surface area contributed by atoms with E-state index in [1.165, 1.54) is 0 Å². The molecular formula is C17H25IN6O. The van der Waals surface area contributed by atoms with Crippen molar-refractivity contribution in [3.8, 4) is 5.75 Å². The highest BCUT2D eigenvalue weighted by molar-refractivity contribution is 14.0. The minimum absolute atomic E-state index is 0. The maximum absolute atomic E-state index is 5.45. The van der Waals surface area contributed by atoms with Gasteiger partial charge in [-0.05, 0) is 38.1 Å². The Balaban J connectivity index is 0.00000312. The molecule has 136 valence electrons. The number of nitrogens with one attached hydrogen (secondary N) is 2. The van der Waals surface area contributed by atoms with Gasteiger partial charge in [-0.2, -0.15) is 0 Å². The van der Waals surface area contributed by atoms with E-state index >= 15 is 0 Å². The van der Waals surface area contributed by atoms with Gasteiger partial charge in [0.25, 0.3) is 0 Å². The summed E-state index contributed by atoms with van der Waals surface area (Å²) in [6.45, 7) is 10.3. The van der Waals surface area contributed by atoms with E-state index in [9.17, 15) is 0 Å². The third-order valence-electron chi connectivity index (χ3n) is 3.26. The average Bonchev–Trinajstić information content (AvgIpc) is 3.06. The fraction of sp³-hybridized carbons (Fsp3) is 0.353. The van der Waals surface area contributed by atoms with Crippen LogP contribution in [-0.4, -0.2) is 33.9 Å². The van der Waals surface area contributed by atoms with Crippen molar-refractivity contribution in [2.24, 2.45) is 4.99 Å². The number of nitrogens with zero attached hydrogens (tertiary/aromatic N) is 4. The number of aromatic nitrogens is 3. The van der Waals surface area contributed by atoms with E-state index in [-0.39, 0.29) is 24.0 Å². The molecule has 2 rings (SSSR count). The second-order valence-corrected chi connectivity index (χ2v) is 4.95. The van der Waals surface area contributed by atoms with Crippen LogP contribution in [0.15, 0.2) is 48.2 Å². The zero-order chi connectivity index (χ0) is 17.2. The van der Waals surface area contributed by atoms with Crippen LogP contribution < -0.4 is 15.4 Å². The third-order valence-corrected chi connectivity index (χ3v) is 3.26. The number of halogens is 1. The van der Waals surface area contributed by atoms with Crippen LogP contribution >= 0.6 is 24.0 Å². The molecule has 2 aromatic rings. The smallest absolute Gasteiger partial charge is 0.196 e. The highest BCUT2D eigenvalue weighted by atomic mass is 127. The summed E-state index contributed by atoms with van der Waals surface area (Å²) in [5.41, 5.74) is 0.922. The Hall–Kier alpha value is -2.10. The molecule has 0 aliphatic heterocycles. The first-order valence-electron chi connectivity index (χ1n) is 8.02. The molecule has 1 heterocycles. The van der Waals surface area contributed by atoms with Crippen LogP contribution in [0.4, 0.5) is 5.69 Å². The minimum atomic E-state index is 0. The SMILES string of the molecule is C=CCNC(=NCc1nncn1CC)Nc1ccc(OCC)cc1.I. The van der Waals surface area contributed by atoms with Gasteiger partial charge in [0.2, 0.25) is 0 Å². The summed E-state index contributed by atoms with van der Waals surface area (Å²) in [6, 6.07) is 7.74. The zero-order valence-corrected chi connectivity index (χ0v) is 16.9. The highest BCUT2D eigenvalue weighted by Crippen LogP contribution is 2.15. The van der Waals surface area contributed by atoms with Crippen molar-refractivity contribution in [2.75, 3.05) is 18.5 Å². The lowest BCUT2D eigenvalue weighted by Crippen LogP contribution is -2.31. The first-order chi connectivity index (χ1) is 11.8. The van der Waals surface area contributed by atoms with Gasteiger partial charge in [0.1, 0.15) is 18.6 Å². The third kappa shape index (κ3) is 6.73. The van der Waals surface area contributed by atoms with Gasteiger partial charge in [-0.15, -0.1) is 40.8 Å². The van der Waals surface area contributed by atoms with Crippen molar-refractivity contribution in [3.63, 3.8) is 0 Å². The van der Waals surface area contributed by atoms with Gasteiger partial charge in [-0.1, -0.05) is 6.08 Å². The van der Waals surface area contributed by atoms with Crippen LogP contribution in [0.1, 0.15) is 19.7 Å². The Morgan fingerprint density at radius 2 is 2.08 bits per heavy atom. The first-order valence-corrected chi connectivity index (χ1v) is 8.02. The second kappa shape index (κ2) is 11.5. The quantitative estimate of drug-likeness (QED) is 0.277. The van der Waals surface area contributed by atoms with Crippen LogP contribution in [-0.2, 0) is 13.1 Å². The van der Waals surface area contributed by atoms with Crippen molar-refractivity contribution >= 4 is 35.6 Å². The molecule has 8 heteroatoms. The standard InChI is InChI=1S/C17H24N6O.HI/c1-4-11-18-17(19-12-16-22-20-13-23(16)5-2)21-14-7-9-15(10-8-14)24-6-3;/h4,7-10,13H,1,5-6,11-12H2,2-3H3,(H2,18,19,21);1H. The molecule has 0 saturated carbocycles. The van der Waals surface area contributed by atoms with Gasteiger partial charge in [-0.3, -0.25) is 0 Å². The number of hydrogen-bond donors (Lipinski definition) is 2. The molecular weight excluding hydrogens is 431 g/mol. The zero-order valence-electron chi connectivity index (χ0n) is 14.6. The Labute approximate surface area is 165 Å². The number of aliphatic imine (C=N–C) groups is 1. The molecule has 1 aromatic heterocycles. The molecule has 0 radical (unpaired) electrons. The molecule has 1 aromatic carbocycles. The van der Waals surface area contributed by atoms with Gasteiger partial charge >= 0.3 is 0 Å². The van der Waals surface area contributed by atoms with Gasteiger partial charge in [0.05, 0.1) is 6.61 Å². The van der Waals surface area contributed by atoms with E-state index in [0.717, 1.165) is 23.8 Å². The van der Waals surface area contributed by atoms with E-state index in [4.69, 9.17) is 4.74 Å². The van der Waals surface area contributed by atoms with Crippen molar-refractivity contribution < 1.29 is 4.74 Å². The average molecular weight is 456 g/mol. The Kier molecular flexibility index (Phi) is 9.60. The van der Waals surface area contributed by atoms with Gasteiger partial charge in [-0.25, -0.2) is 4.99 Å². The molecule has 0 spiro atoms. The number of rotatable bonds is 8. The maximum Gasteiger partial charge on any atom is 0.196 e. The first kappa shape index (κ1) is 20.9. The molecule has 0 amide bonds. The Morgan fingerprint density at radius 1 is 1.32 bits per heavy atom. The van der Waals surface area contributed by atoms with Crippen molar-refractivity contribution in [1.82, 2.24) is 20.1 Å². The van der Waals surface area contributed by atoms with E-state index < -0.39 is 0 Å². The summed E-state index contributed by atoms with van der Waals surface area (Å²) in [5, 5.41) is 14.5. The molecule has 0 unspecified atom stereocenters. The molecule has 7 nitrogen and oxygen atoms in total. The number of benzene rings is 1. The van der Waals surface area contributed by atoms with Crippen molar-refractivity contribution in [3.05, 3.63) is 49.1 Å². The number of ether oxygens (including phenoxy) is 1. The van der Waals surface area contributed by atoms with Gasteiger partial charge in [0.15, 0.2) is 11.8 Å². The molecule has 0 bridgehead atoms. The number of anilines is 1. The van der Waals surface area contributed by atoms with E-state index in [1.807, 2.05) is 42.7 Å². The second-order valence-electron chi connectivity index (χ2n) is 4.95. The lowest BCUT2D eigenvalue weighted by atomic mass is 10.3. The molecule has 25 heavy (non-hydrogen) atoms. The van der Waals surface area contributed by atoms with Crippen LogP contribution in [0.3, 0.4) is 0 Å². The number of aryl methyl sites for hydroxylation is 1. The molecule has 0 fully saturated rings. The van der Waals surface area contributed by atoms with Crippen LogP contribution in [0, 0.1) is 0 Å². The minimum Gasteiger partial charge on any atom is -0.494 e. The van der Waals surface area contributed by atoms with Crippen molar-refractivity contribution in [1.29, 1.82) is 0 Å². The predicted octanol–water partition coefficient (Wildman–Crippen LogP) is 3.06. The molecule has 0 saturated heterocycles. The summed E-state index contributed by atoms with van der Waals surface area (Å²) in [5.74, 6) is 2.32. The van der Waals surface area contributed by atoms with E-state index in [2.05, 4.69) is 32.4 Å². The van der Waals surface area contributed by atoms with Crippen LogP contribution in [0.25, 0.3) is 0 Å². The monoisotopic (exact) mass is 456 g/mol. The summed E-state index contributed by atoms with van der Waals surface area (Å²) in [6.07, 6.45) is 3.49. The highest BCUT2D eigenvalue weighted by Gasteiger charge is 2.04. The normalized spacial score (nSPS) is 10.7. The summed E-state index contributed by atoms with van der Waals surface area (Å²) in [4.78, 5) is 4.56. The lowest BCUT2D eigenvalue weighted by molar-refractivity contribution is 0.340. The Morgan fingerprint density at radius 3 is 2.72 bits per heavy atom. The topological polar surface area (TPSA) is 76.4 Å². The molecule has 2 N–H and O–H groups in total. The molecule has 0 aliphatic carbocycles. The van der Waals surface area contributed by atoms with Crippen molar-refractivity contribution in [2.45, 2.75) is 26.9 Å².